The van der Waals surface area contributed by atoms with Gasteiger partial charge in [-0.25, -0.2) is 14.8 Å². The topological polar surface area (TPSA) is 136 Å². The fourth-order valence-corrected chi connectivity index (χ4v) is 2.98. The Kier molecular flexibility index (Phi) is 6.53. The first-order valence-corrected chi connectivity index (χ1v) is 8.45. The van der Waals surface area contributed by atoms with Gasteiger partial charge in [0.05, 0.1) is 30.3 Å². The van der Waals surface area contributed by atoms with Gasteiger partial charge in [-0.1, -0.05) is 12.1 Å². The van der Waals surface area contributed by atoms with Crippen molar-refractivity contribution in [3.05, 3.63) is 57.6 Å². The second-order valence-corrected chi connectivity index (χ2v) is 6.37. The van der Waals surface area contributed by atoms with Crippen molar-refractivity contribution in [2.75, 3.05) is 7.11 Å². The summed E-state index contributed by atoms with van der Waals surface area (Å²) in [4.78, 5) is 25.3. The van der Waals surface area contributed by atoms with E-state index >= 15 is 0 Å². The number of nitrogens with zero attached hydrogens (tertiary/aromatic N) is 1. The van der Waals surface area contributed by atoms with Gasteiger partial charge in [-0.05, 0) is 26.3 Å². The second-order valence-electron chi connectivity index (χ2n) is 6.37. The summed E-state index contributed by atoms with van der Waals surface area (Å²) in [5, 5.41) is 31.8. The molecule has 0 spiro atoms. The molecule has 0 aliphatic carbocycles. The van der Waals surface area contributed by atoms with E-state index in [0.29, 0.717) is 11.3 Å². The third-order valence-electron chi connectivity index (χ3n) is 4.11. The maximum Gasteiger partial charge on any atom is 0.337 e. The van der Waals surface area contributed by atoms with E-state index in [-0.39, 0.29) is 22.5 Å². The molecule has 1 aliphatic heterocycles. The van der Waals surface area contributed by atoms with E-state index in [0.717, 1.165) is 7.11 Å². The summed E-state index contributed by atoms with van der Waals surface area (Å²) in [5.74, 6) is -2.50. The van der Waals surface area contributed by atoms with Crippen molar-refractivity contribution >= 4 is 17.6 Å². The maximum absolute atomic E-state index is 12.8. The number of dihydropyridines is 1. The van der Waals surface area contributed by atoms with Gasteiger partial charge in [-0.3, -0.25) is 0 Å². The minimum atomic E-state index is -1.16. The van der Waals surface area contributed by atoms with Crippen molar-refractivity contribution in [2.45, 2.75) is 32.8 Å². The van der Waals surface area contributed by atoms with Gasteiger partial charge in [-0.15, -0.1) is 0 Å². The predicted molar refractivity (Wildman–Crippen MR) is 96.7 cm³/mol. The number of carbonyl (C=O) groups is 2. The van der Waals surface area contributed by atoms with Crippen LogP contribution in [0.3, 0.4) is 0 Å². The Labute approximate surface area is 162 Å². The lowest BCUT2D eigenvalue weighted by Gasteiger charge is -2.29. The molecule has 0 fully saturated rings. The van der Waals surface area contributed by atoms with Crippen LogP contribution in [0.2, 0.25) is 0 Å². The smallest absolute Gasteiger partial charge is 0.337 e. The first-order chi connectivity index (χ1) is 13.2. The number of nitriles is 1. The lowest BCUT2D eigenvalue weighted by Crippen LogP contribution is -2.99. The molecular weight excluding hydrogens is 366 g/mol. The molecule has 2 unspecified atom stereocenters. The molecule has 1 aliphatic rings. The van der Waals surface area contributed by atoms with E-state index < -0.39 is 29.2 Å². The summed E-state index contributed by atoms with van der Waals surface area (Å²) in [6.45, 7) is 4.94. The van der Waals surface area contributed by atoms with Crippen LogP contribution in [0.25, 0.3) is 0 Å². The molecule has 1 aromatic carbocycles. The molecule has 0 radical (unpaired) electrons. The van der Waals surface area contributed by atoms with Crippen LogP contribution in [-0.4, -0.2) is 30.4 Å². The number of quaternary nitrogens is 1. The minimum absolute atomic E-state index is 0.0204. The normalized spacial score (nSPS) is 17.7. The Balaban J connectivity index is 2.74. The van der Waals surface area contributed by atoms with Crippen molar-refractivity contribution in [2.24, 2.45) is 0 Å². The number of ether oxygens (including phenoxy) is 2. The Morgan fingerprint density at radius 2 is 2.00 bits per heavy atom. The van der Waals surface area contributed by atoms with Crippen molar-refractivity contribution < 1.29 is 29.5 Å². The summed E-state index contributed by atoms with van der Waals surface area (Å²) in [6.07, 6.45) is -0.415. The highest BCUT2D eigenvalue weighted by atomic mass is 16.8. The van der Waals surface area contributed by atoms with Crippen LogP contribution in [0.15, 0.2) is 46.8 Å². The summed E-state index contributed by atoms with van der Waals surface area (Å²) in [7, 11) is 1.16. The molecule has 0 bridgehead atoms. The first kappa shape index (κ1) is 21.1. The number of hydrogen-bond acceptors (Lipinski definition) is 8. The lowest BCUT2D eigenvalue weighted by atomic mass is 9.80. The van der Waals surface area contributed by atoms with Crippen LogP contribution in [0.1, 0.15) is 32.3 Å². The quantitative estimate of drug-likeness (QED) is 0.502. The van der Waals surface area contributed by atoms with Crippen LogP contribution in [0.5, 0.6) is 0 Å². The van der Waals surface area contributed by atoms with Gasteiger partial charge in [0.25, 0.3) is 0 Å². The van der Waals surface area contributed by atoms with Gasteiger partial charge in [0.1, 0.15) is 11.8 Å². The fourth-order valence-electron chi connectivity index (χ4n) is 2.98. The monoisotopic (exact) mass is 387 g/mol. The van der Waals surface area contributed by atoms with E-state index in [1.165, 1.54) is 18.2 Å². The average molecular weight is 387 g/mol. The molecule has 0 saturated carbocycles. The zero-order valence-electron chi connectivity index (χ0n) is 15.9. The van der Waals surface area contributed by atoms with Gasteiger partial charge < -0.3 is 20.0 Å². The van der Waals surface area contributed by atoms with Gasteiger partial charge in [0.2, 0.25) is 0 Å². The molecule has 148 valence electrons. The van der Waals surface area contributed by atoms with Crippen molar-refractivity contribution in [3.8, 4) is 6.07 Å². The van der Waals surface area contributed by atoms with Gasteiger partial charge >= 0.3 is 11.9 Å². The molecule has 0 saturated heterocycles. The van der Waals surface area contributed by atoms with Gasteiger partial charge in [0, 0.05) is 17.8 Å². The highest BCUT2D eigenvalue weighted by Crippen LogP contribution is 2.39. The molecular formula is C19H21N3O6. The third kappa shape index (κ3) is 4.20. The fraction of sp³-hybridized carbons (Fsp3) is 0.316. The summed E-state index contributed by atoms with van der Waals surface area (Å²) in [6, 6.07) is 7.73. The number of methoxy groups -OCH3 is 1. The highest BCUT2D eigenvalue weighted by molar-refractivity contribution is 6.00. The van der Waals surface area contributed by atoms with Crippen LogP contribution in [0, 0.1) is 16.5 Å². The minimum Gasteiger partial charge on any atom is -0.595 e. The number of allylic oxidation sites excluding steroid dienone is 2. The molecule has 2 rings (SSSR count). The zero-order chi connectivity index (χ0) is 21.0. The Hall–Kier alpha value is -3.19. The number of carbonyl (C=O) groups excluding carboxylic acids is 2. The molecule has 9 nitrogen and oxygen atoms in total. The number of benzene rings is 1. The molecule has 2 atom stereocenters. The zero-order valence-corrected chi connectivity index (χ0v) is 15.9. The molecule has 0 aromatic heterocycles. The third-order valence-corrected chi connectivity index (χ3v) is 4.11. The Bertz CT molecular complexity index is 895. The van der Waals surface area contributed by atoms with Crippen molar-refractivity contribution in [1.82, 2.24) is 5.32 Å². The molecule has 1 heterocycles. The SMILES string of the molecule is COC(=O)C1=C(C#N)NC(C)=C(C(=O)OC(C)C)C1c1cccc([NH+]([O-])O)c1. The van der Waals surface area contributed by atoms with E-state index in [4.69, 9.17) is 9.47 Å². The van der Waals surface area contributed by atoms with Crippen LogP contribution in [0.4, 0.5) is 5.69 Å². The lowest BCUT2D eigenvalue weighted by molar-refractivity contribution is -0.991. The largest absolute Gasteiger partial charge is 0.595 e. The molecule has 9 heteroatoms. The van der Waals surface area contributed by atoms with Gasteiger partial charge in [0.15, 0.2) is 5.69 Å². The molecule has 28 heavy (non-hydrogen) atoms. The summed E-state index contributed by atoms with van der Waals surface area (Å²) >= 11 is 0. The van der Waals surface area contributed by atoms with Crippen molar-refractivity contribution in [1.29, 1.82) is 5.26 Å². The Morgan fingerprint density at radius 1 is 1.32 bits per heavy atom. The second kappa shape index (κ2) is 8.67. The van der Waals surface area contributed by atoms with Crippen LogP contribution in [-0.2, 0) is 19.1 Å². The predicted octanol–water partition coefficient (Wildman–Crippen LogP) is 0.953. The number of esters is 2. The van der Waals surface area contributed by atoms with E-state index in [9.17, 15) is 25.3 Å². The average Bonchev–Trinajstić information content (AvgIpc) is 2.65. The number of nitrogens with one attached hydrogen (secondary N) is 2. The number of rotatable bonds is 5. The standard InChI is InChI=1S/C19H21N3O6/c1-10(2)28-19(24)15-11(3)21-14(9-20)17(18(23)27-4)16(15)12-6-5-7-13(8-12)22(25)26/h5-8,10,16,21-22,25H,1-4H3. The summed E-state index contributed by atoms with van der Waals surface area (Å²) < 4.78 is 10.1. The van der Waals surface area contributed by atoms with Crippen LogP contribution >= 0.6 is 0 Å². The van der Waals surface area contributed by atoms with E-state index in [1.807, 2.05) is 6.07 Å². The highest BCUT2D eigenvalue weighted by Gasteiger charge is 2.39. The molecule has 3 N–H and O–H groups in total. The maximum atomic E-state index is 12.8. The van der Waals surface area contributed by atoms with Gasteiger partial charge in [-0.2, -0.15) is 10.5 Å². The Morgan fingerprint density at radius 3 is 2.54 bits per heavy atom. The number of hydrogen-bond donors (Lipinski definition) is 3. The van der Waals surface area contributed by atoms with E-state index in [1.54, 1.807) is 26.8 Å². The first-order valence-electron chi connectivity index (χ1n) is 8.45. The van der Waals surface area contributed by atoms with E-state index in [2.05, 4.69) is 5.32 Å². The molecule has 1 aromatic rings. The van der Waals surface area contributed by atoms with Crippen LogP contribution < -0.4 is 10.5 Å². The van der Waals surface area contributed by atoms with Crippen molar-refractivity contribution in [3.63, 3.8) is 0 Å². The summed E-state index contributed by atoms with van der Waals surface area (Å²) in [5.41, 5.74) is 0.610. The molecule has 0 amide bonds.